The topological polar surface area (TPSA) is 66.5 Å². The second kappa shape index (κ2) is 7.96. The summed E-state index contributed by atoms with van der Waals surface area (Å²) >= 11 is 27.1. The summed E-state index contributed by atoms with van der Waals surface area (Å²) in [5, 5.41) is 3.10. The minimum Gasteiger partial charge on any atom is -0.323 e. The minimum absolute atomic E-state index is 0.163. The lowest BCUT2D eigenvalue weighted by molar-refractivity contribution is -0.146. The largest absolute Gasteiger partial charge is 0.323 e. The summed E-state index contributed by atoms with van der Waals surface area (Å²) < 4.78 is 0. The van der Waals surface area contributed by atoms with Crippen molar-refractivity contribution in [2.24, 2.45) is 11.8 Å². The molecule has 7 rings (SSSR count). The van der Waals surface area contributed by atoms with Crippen LogP contribution in [0.5, 0.6) is 0 Å². The molecule has 2 bridgehead atoms. The molecule has 9 heteroatoms. The normalized spacial score (nSPS) is 28.4. The van der Waals surface area contributed by atoms with E-state index in [9.17, 15) is 14.4 Å². The molecular weight excluding hydrogens is 542 g/mol. The quantitative estimate of drug-likeness (QED) is 0.320. The second-order valence-electron chi connectivity index (χ2n) is 9.28. The summed E-state index contributed by atoms with van der Waals surface area (Å²) in [6.07, 6.45) is 0. The van der Waals surface area contributed by atoms with E-state index in [-0.39, 0.29) is 15.7 Å². The van der Waals surface area contributed by atoms with E-state index < -0.39 is 45.3 Å². The number of carbonyl (C=O) groups is 3. The van der Waals surface area contributed by atoms with E-state index in [4.69, 9.17) is 46.4 Å². The number of alkyl halides is 2. The molecule has 3 amide bonds. The van der Waals surface area contributed by atoms with E-state index in [1.165, 1.54) is 6.92 Å². The van der Waals surface area contributed by atoms with E-state index in [0.29, 0.717) is 22.3 Å². The molecule has 1 N–H and O–H groups in total. The first-order chi connectivity index (χ1) is 17.1. The first-order valence-electron chi connectivity index (χ1n) is 11.3. The molecule has 182 valence electrons. The summed E-state index contributed by atoms with van der Waals surface area (Å²) in [5.74, 6) is -3.60. The van der Waals surface area contributed by atoms with Crippen LogP contribution in [0.15, 0.2) is 66.7 Å². The Morgan fingerprint density at radius 3 is 1.69 bits per heavy atom. The molecule has 0 aromatic heterocycles. The molecule has 3 aromatic carbocycles. The Hall–Kier alpha value is -2.57. The Kier molecular flexibility index (Phi) is 5.27. The van der Waals surface area contributed by atoms with Crippen molar-refractivity contribution in [1.29, 1.82) is 0 Å². The summed E-state index contributed by atoms with van der Waals surface area (Å²) in [6.45, 7) is 1.49. The molecule has 36 heavy (non-hydrogen) atoms. The van der Waals surface area contributed by atoms with Gasteiger partial charge in [-0.25, -0.2) is 0 Å². The number of likely N-dealkylation sites (tertiary alicyclic amines) is 1. The third kappa shape index (κ3) is 2.83. The van der Waals surface area contributed by atoms with Gasteiger partial charge in [0.2, 0.25) is 17.7 Å². The number of hydrogen-bond donors (Lipinski definition) is 1. The highest BCUT2D eigenvalue weighted by molar-refractivity contribution is 6.44. The number of nitrogens with zero attached hydrogens (tertiary/aromatic N) is 1. The van der Waals surface area contributed by atoms with Crippen molar-refractivity contribution in [3.63, 3.8) is 0 Å². The lowest BCUT2D eigenvalue weighted by Crippen LogP contribution is -2.57. The molecule has 5 nitrogen and oxygen atoms in total. The number of carbonyl (C=O) groups excluding carboxylic acids is 3. The molecule has 1 aliphatic heterocycles. The van der Waals surface area contributed by atoms with Crippen molar-refractivity contribution in [2.75, 3.05) is 5.32 Å². The molecule has 3 aliphatic carbocycles. The predicted octanol–water partition coefficient (Wildman–Crippen LogP) is 5.91. The Morgan fingerprint density at radius 1 is 0.806 bits per heavy atom. The van der Waals surface area contributed by atoms with E-state index in [1.807, 2.05) is 48.5 Å². The zero-order valence-corrected chi connectivity index (χ0v) is 21.8. The van der Waals surface area contributed by atoms with Crippen molar-refractivity contribution >= 4 is 69.8 Å². The highest BCUT2D eigenvalue weighted by Crippen LogP contribution is 2.69. The van der Waals surface area contributed by atoms with Crippen molar-refractivity contribution in [3.05, 3.63) is 99.0 Å². The van der Waals surface area contributed by atoms with Gasteiger partial charge in [-0.1, -0.05) is 77.8 Å². The maximum Gasteiger partial charge on any atom is 0.247 e. The Bertz CT molecular complexity index is 1370. The average molecular weight is 560 g/mol. The minimum atomic E-state index is -1.30. The number of benzene rings is 3. The van der Waals surface area contributed by atoms with Gasteiger partial charge in [0.1, 0.15) is 15.8 Å². The van der Waals surface area contributed by atoms with Crippen LogP contribution >= 0.6 is 46.4 Å². The fourth-order valence-electron chi connectivity index (χ4n) is 6.03. The highest BCUT2D eigenvalue weighted by Gasteiger charge is 2.73. The monoisotopic (exact) mass is 558 g/mol. The van der Waals surface area contributed by atoms with Crippen LogP contribution in [0.1, 0.15) is 29.2 Å². The summed E-state index contributed by atoms with van der Waals surface area (Å²) in [7, 11) is 0. The SMILES string of the molecule is C[C@@H](C(=O)Nc1cccc(Cl)c1Cl)N1C(=O)[C@@H]2[C@H](C1=O)C1(Cl)c3ccccc3C2(Cl)c2ccccc21. The van der Waals surface area contributed by atoms with Crippen LogP contribution < -0.4 is 5.32 Å². The molecular formula is C27H18Cl4N2O3. The van der Waals surface area contributed by atoms with Crippen LogP contribution in [0.3, 0.4) is 0 Å². The van der Waals surface area contributed by atoms with Gasteiger partial charge in [-0.2, -0.15) is 0 Å². The van der Waals surface area contributed by atoms with Crippen molar-refractivity contribution in [3.8, 4) is 0 Å². The second-order valence-corrected chi connectivity index (χ2v) is 11.3. The molecule has 1 heterocycles. The van der Waals surface area contributed by atoms with Gasteiger partial charge < -0.3 is 5.32 Å². The third-order valence-electron chi connectivity index (χ3n) is 7.60. The zero-order chi connectivity index (χ0) is 25.6. The van der Waals surface area contributed by atoms with Gasteiger partial charge in [-0.3, -0.25) is 19.3 Å². The zero-order valence-electron chi connectivity index (χ0n) is 18.8. The van der Waals surface area contributed by atoms with Gasteiger partial charge in [-0.15, -0.1) is 23.2 Å². The summed E-state index contributed by atoms with van der Waals surface area (Å²) in [6, 6.07) is 18.4. The van der Waals surface area contributed by atoms with Gasteiger partial charge in [0.05, 0.1) is 27.6 Å². The van der Waals surface area contributed by atoms with Gasteiger partial charge in [0, 0.05) is 0 Å². The van der Waals surface area contributed by atoms with Crippen LogP contribution in [0, 0.1) is 11.8 Å². The molecule has 1 saturated heterocycles. The number of halogens is 4. The van der Waals surface area contributed by atoms with E-state index >= 15 is 0 Å². The number of nitrogens with one attached hydrogen (secondary N) is 1. The number of anilines is 1. The fraction of sp³-hybridized carbons (Fsp3) is 0.222. The average Bonchev–Trinajstić information content (AvgIpc) is 3.15. The van der Waals surface area contributed by atoms with Gasteiger partial charge in [-0.05, 0) is 41.3 Å². The van der Waals surface area contributed by atoms with Crippen LogP contribution in [0.25, 0.3) is 0 Å². The molecule has 4 aliphatic rings. The van der Waals surface area contributed by atoms with E-state index in [0.717, 1.165) is 4.90 Å². The number of imide groups is 1. The van der Waals surface area contributed by atoms with E-state index in [2.05, 4.69) is 5.32 Å². The maximum atomic E-state index is 14.0. The molecule has 0 spiro atoms. The number of amides is 3. The first-order valence-corrected chi connectivity index (χ1v) is 12.8. The molecule has 0 radical (unpaired) electrons. The van der Waals surface area contributed by atoms with Crippen LogP contribution in [-0.4, -0.2) is 28.7 Å². The van der Waals surface area contributed by atoms with E-state index in [1.54, 1.807) is 18.2 Å². The van der Waals surface area contributed by atoms with Crippen molar-refractivity contribution in [2.45, 2.75) is 22.7 Å². The molecule has 0 saturated carbocycles. The standard InChI is InChI=1S/C27H18Cl4N2O3/c1-13(23(34)32-19-12-6-11-18(28)22(19)29)33-24(35)20-21(25(33)36)27(31)15-8-3-2-7-14(15)26(20,30)16-9-4-5-10-17(16)27/h2-13,20-21H,1H3,(H,32,34)/t13-,20-,21+,26?,27?/m0/s1. The van der Waals surface area contributed by atoms with Crippen molar-refractivity contribution < 1.29 is 14.4 Å². The predicted molar refractivity (Wildman–Crippen MR) is 140 cm³/mol. The fourth-order valence-corrected chi connectivity index (χ4v) is 7.47. The van der Waals surface area contributed by atoms with Gasteiger partial charge in [0.25, 0.3) is 0 Å². The van der Waals surface area contributed by atoms with Gasteiger partial charge >= 0.3 is 0 Å². The van der Waals surface area contributed by atoms with Crippen LogP contribution in [0.2, 0.25) is 10.0 Å². The lowest BCUT2D eigenvalue weighted by Gasteiger charge is -2.54. The molecule has 1 fully saturated rings. The highest BCUT2D eigenvalue weighted by atomic mass is 35.5. The molecule has 0 unspecified atom stereocenters. The Labute approximate surface area is 227 Å². The van der Waals surface area contributed by atoms with Crippen LogP contribution in [0.4, 0.5) is 5.69 Å². The van der Waals surface area contributed by atoms with Crippen LogP contribution in [-0.2, 0) is 24.1 Å². The number of hydrogen-bond acceptors (Lipinski definition) is 3. The first kappa shape index (κ1) is 23.8. The summed E-state index contributed by atoms with van der Waals surface area (Å²) in [5.41, 5.74) is 3.08. The number of rotatable bonds is 3. The smallest absolute Gasteiger partial charge is 0.247 e. The lowest BCUT2D eigenvalue weighted by atomic mass is 9.54. The maximum absolute atomic E-state index is 14.0. The Morgan fingerprint density at radius 2 is 1.25 bits per heavy atom. The van der Waals surface area contributed by atoms with Crippen molar-refractivity contribution in [1.82, 2.24) is 4.90 Å². The summed E-state index contributed by atoms with van der Waals surface area (Å²) in [4.78, 5) is 39.5. The Balaban J connectivity index is 1.45. The molecule has 3 aromatic rings. The third-order valence-corrected chi connectivity index (χ3v) is 9.70. The molecule has 3 atom stereocenters. The van der Waals surface area contributed by atoms with Gasteiger partial charge in [0.15, 0.2) is 0 Å².